The Hall–Kier alpha value is -3.24. The number of sulfonamides is 2. The lowest BCUT2D eigenvalue weighted by molar-refractivity contribution is 0.362. The van der Waals surface area contributed by atoms with Gasteiger partial charge in [-0.05, 0) is 38.1 Å². The molecule has 3 aromatic carbocycles. The average Bonchev–Trinajstić information content (AvgIpc) is 3.26. The summed E-state index contributed by atoms with van der Waals surface area (Å²) in [6, 6.07) is 18.0. The van der Waals surface area contributed by atoms with Crippen molar-refractivity contribution in [3.8, 4) is 0 Å². The van der Waals surface area contributed by atoms with Gasteiger partial charge in [-0.15, -0.1) is 0 Å². The van der Waals surface area contributed by atoms with Crippen LogP contribution in [0.3, 0.4) is 0 Å². The number of halogens is 1. The molecule has 0 saturated heterocycles. The van der Waals surface area contributed by atoms with Crippen LogP contribution in [0.15, 0.2) is 82.8 Å². The molecule has 0 amide bonds. The van der Waals surface area contributed by atoms with Gasteiger partial charge in [0.2, 0.25) is 10.0 Å². The van der Waals surface area contributed by atoms with Crippen molar-refractivity contribution in [1.29, 1.82) is 0 Å². The van der Waals surface area contributed by atoms with E-state index in [0.29, 0.717) is 11.3 Å². The van der Waals surface area contributed by atoms with Gasteiger partial charge in [-0.2, -0.15) is 17.9 Å². The largest absolute Gasteiger partial charge is 0.283 e. The van der Waals surface area contributed by atoms with Crippen LogP contribution < -0.4 is 4.72 Å². The van der Waals surface area contributed by atoms with Crippen LogP contribution in [0.4, 0.5) is 10.1 Å². The fourth-order valence-electron chi connectivity index (χ4n) is 3.73. The molecule has 0 bridgehead atoms. The van der Waals surface area contributed by atoms with Gasteiger partial charge in [0.15, 0.2) is 0 Å². The quantitative estimate of drug-likeness (QED) is 0.518. The Bertz CT molecular complexity index is 1450. The van der Waals surface area contributed by atoms with E-state index in [0.717, 1.165) is 9.98 Å². The first-order chi connectivity index (χ1) is 16.1. The molecule has 0 radical (unpaired) electrons. The fourth-order valence-corrected chi connectivity index (χ4v) is 5.81. The number of nitrogens with one attached hydrogen (secondary N) is 1. The molecule has 178 valence electrons. The molecule has 1 heterocycles. The molecule has 1 N–H and O–H groups in total. The van der Waals surface area contributed by atoms with Crippen LogP contribution in [0.25, 0.3) is 0 Å². The SMILES string of the molecule is CCS(=O)(=O)Nc1ccccc1C1=NN(S(=O)(=O)c2ccc(C)cc2)[C@H](c2ccccc2F)C1. The number of benzene rings is 3. The summed E-state index contributed by atoms with van der Waals surface area (Å²) in [5.74, 6) is -0.674. The minimum Gasteiger partial charge on any atom is -0.283 e. The van der Waals surface area contributed by atoms with Gasteiger partial charge in [-0.25, -0.2) is 12.8 Å². The second kappa shape index (κ2) is 9.19. The van der Waals surface area contributed by atoms with Gasteiger partial charge < -0.3 is 0 Å². The van der Waals surface area contributed by atoms with Crippen LogP contribution >= 0.6 is 0 Å². The van der Waals surface area contributed by atoms with E-state index in [1.807, 2.05) is 6.92 Å². The molecule has 0 fully saturated rings. The molecule has 0 spiro atoms. The molecule has 1 aliphatic rings. The highest BCUT2D eigenvalue weighted by molar-refractivity contribution is 7.92. The zero-order valence-electron chi connectivity index (χ0n) is 18.6. The summed E-state index contributed by atoms with van der Waals surface area (Å²) in [5, 5.41) is 4.40. The predicted molar refractivity (Wildman–Crippen MR) is 130 cm³/mol. The van der Waals surface area contributed by atoms with Gasteiger partial charge in [-0.1, -0.05) is 54.1 Å². The number of hydrazone groups is 1. The number of aryl methyl sites for hydroxylation is 1. The van der Waals surface area contributed by atoms with Crippen LogP contribution in [0, 0.1) is 12.7 Å². The van der Waals surface area contributed by atoms with Crippen molar-refractivity contribution in [1.82, 2.24) is 4.41 Å². The second-order valence-corrected chi connectivity index (χ2v) is 11.7. The van der Waals surface area contributed by atoms with Gasteiger partial charge in [-0.3, -0.25) is 4.72 Å². The Morgan fingerprint density at radius 3 is 2.29 bits per heavy atom. The zero-order chi connectivity index (χ0) is 24.5. The number of anilines is 1. The Morgan fingerprint density at radius 2 is 1.62 bits per heavy atom. The van der Waals surface area contributed by atoms with Crippen molar-refractivity contribution >= 4 is 31.4 Å². The maximum absolute atomic E-state index is 14.8. The molecule has 0 aromatic heterocycles. The molecule has 10 heteroatoms. The van der Waals surface area contributed by atoms with Gasteiger partial charge in [0.1, 0.15) is 5.82 Å². The van der Waals surface area contributed by atoms with Crippen LogP contribution in [0.2, 0.25) is 0 Å². The maximum Gasteiger partial charge on any atom is 0.279 e. The lowest BCUT2D eigenvalue weighted by Gasteiger charge is -2.23. The first kappa shape index (κ1) is 23.9. The Labute approximate surface area is 199 Å². The number of para-hydroxylation sites is 1. The molecule has 0 saturated carbocycles. The molecule has 0 aliphatic carbocycles. The Balaban J connectivity index is 1.84. The van der Waals surface area contributed by atoms with Crippen molar-refractivity contribution in [2.75, 3.05) is 10.5 Å². The molecule has 4 rings (SSSR count). The standard InChI is InChI=1S/C24H24FN3O4S2/c1-3-33(29,30)27-22-11-7-5-9-20(22)23-16-24(19-8-4-6-10-21(19)25)28(26-23)34(31,32)18-14-12-17(2)13-15-18/h4-15,24,27H,3,16H2,1-2H3/t24-/m0/s1. The molecule has 3 aromatic rings. The molecule has 7 nitrogen and oxygen atoms in total. The van der Waals surface area contributed by atoms with Gasteiger partial charge in [0.25, 0.3) is 10.0 Å². The van der Waals surface area contributed by atoms with Crippen molar-refractivity contribution in [3.63, 3.8) is 0 Å². The maximum atomic E-state index is 14.8. The highest BCUT2D eigenvalue weighted by Gasteiger charge is 2.39. The van der Waals surface area contributed by atoms with Crippen molar-refractivity contribution in [2.24, 2.45) is 5.10 Å². The highest BCUT2D eigenvalue weighted by atomic mass is 32.2. The summed E-state index contributed by atoms with van der Waals surface area (Å²) in [4.78, 5) is 0.0319. The number of rotatable bonds is 7. The highest BCUT2D eigenvalue weighted by Crippen LogP contribution is 2.39. The van der Waals surface area contributed by atoms with E-state index in [4.69, 9.17) is 0 Å². The minimum absolute atomic E-state index is 0.0319. The molecule has 34 heavy (non-hydrogen) atoms. The van der Waals surface area contributed by atoms with Gasteiger partial charge in [0.05, 0.1) is 28.1 Å². The number of hydrogen-bond acceptors (Lipinski definition) is 5. The van der Waals surface area contributed by atoms with Crippen LogP contribution in [-0.4, -0.2) is 32.7 Å². The Morgan fingerprint density at radius 1 is 0.971 bits per heavy atom. The minimum atomic E-state index is -4.12. The molecule has 1 aliphatic heterocycles. The van der Waals surface area contributed by atoms with Crippen molar-refractivity contribution < 1.29 is 21.2 Å². The molecular formula is C24H24FN3O4S2. The van der Waals surface area contributed by atoms with Crippen LogP contribution in [-0.2, 0) is 20.0 Å². The summed E-state index contributed by atoms with van der Waals surface area (Å²) in [6.45, 7) is 3.36. The number of nitrogens with zero attached hydrogens (tertiary/aromatic N) is 2. The number of hydrogen-bond donors (Lipinski definition) is 1. The average molecular weight is 502 g/mol. The van der Waals surface area contributed by atoms with E-state index in [9.17, 15) is 21.2 Å². The van der Waals surface area contributed by atoms with Crippen LogP contribution in [0.5, 0.6) is 0 Å². The summed E-state index contributed by atoms with van der Waals surface area (Å²) < 4.78 is 69.7. The van der Waals surface area contributed by atoms with E-state index in [1.54, 1.807) is 42.5 Å². The predicted octanol–water partition coefficient (Wildman–Crippen LogP) is 4.44. The van der Waals surface area contributed by atoms with E-state index in [-0.39, 0.29) is 28.3 Å². The molecular weight excluding hydrogens is 477 g/mol. The topological polar surface area (TPSA) is 95.9 Å². The first-order valence-corrected chi connectivity index (χ1v) is 13.7. The van der Waals surface area contributed by atoms with Crippen molar-refractivity contribution in [2.45, 2.75) is 31.2 Å². The molecule has 1 atom stereocenters. The first-order valence-electron chi connectivity index (χ1n) is 10.7. The van der Waals surface area contributed by atoms with Gasteiger partial charge in [0, 0.05) is 17.5 Å². The summed E-state index contributed by atoms with van der Waals surface area (Å²) in [6.07, 6.45) is 0.0664. The third kappa shape index (κ3) is 4.69. The van der Waals surface area contributed by atoms with E-state index < -0.39 is 31.9 Å². The van der Waals surface area contributed by atoms with Crippen molar-refractivity contribution in [3.05, 3.63) is 95.3 Å². The Kier molecular flexibility index (Phi) is 6.46. The molecule has 0 unspecified atom stereocenters. The lowest BCUT2D eigenvalue weighted by atomic mass is 9.98. The summed E-state index contributed by atoms with van der Waals surface area (Å²) in [5.41, 5.74) is 2.13. The summed E-state index contributed by atoms with van der Waals surface area (Å²) in [7, 11) is -7.71. The fraction of sp³-hybridized carbons (Fsp3) is 0.208. The van der Waals surface area contributed by atoms with Crippen LogP contribution in [0.1, 0.15) is 36.1 Å². The smallest absolute Gasteiger partial charge is 0.279 e. The van der Waals surface area contributed by atoms with E-state index in [1.165, 1.54) is 37.3 Å². The monoisotopic (exact) mass is 501 g/mol. The van der Waals surface area contributed by atoms with E-state index in [2.05, 4.69) is 9.82 Å². The van der Waals surface area contributed by atoms with E-state index >= 15 is 0 Å². The lowest BCUT2D eigenvalue weighted by Crippen LogP contribution is -2.28. The zero-order valence-corrected chi connectivity index (χ0v) is 20.3. The third-order valence-corrected chi connectivity index (χ3v) is 8.57. The summed E-state index contributed by atoms with van der Waals surface area (Å²) >= 11 is 0. The second-order valence-electron chi connectivity index (χ2n) is 7.93. The van der Waals surface area contributed by atoms with Gasteiger partial charge >= 0.3 is 0 Å². The normalized spacial score (nSPS) is 16.4. The third-order valence-electron chi connectivity index (χ3n) is 5.59.